The summed E-state index contributed by atoms with van der Waals surface area (Å²) in [5.74, 6) is -0.347. The Kier molecular flexibility index (Phi) is 5.30. The molecule has 3 rings (SSSR count). The van der Waals surface area contributed by atoms with Crippen molar-refractivity contribution in [2.45, 2.75) is 25.3 Å². The van der Waals surface area contributed by atoms with E-state index in [2.05, 4.69) is 4.98 Å². The van der Waals surface area contributed by atoms with E-state index < -0.39 is 5.82 Å². The van der Waals surface area contributed by atoms with Crippen LogP contribution in [0.5, 0.6) is 5.75 Å². The summed E-state index contributed by atoms with van der Waals surface area (Å²) < 4.78 is 19.9. The highest BCUT2D eigenvalue weighted by atomic mass is 35.5. The second-order valence-corrected chi connectivity index (χ2v) is 6.16. The molecule has 1 unspecified atom stereocenters. The third-order valence-corrected chi connectivity index (χ3v) is 4.44. The average molecular weight is 349 g/mol. The Morgan fingerprint density at radius 3 is 3.00 bits per heavy atom. The van der Waals surface area contributed by atoms with Crippen molar-refractivity contribution in [3.8, 4) is 5.75 Å². The molecule has 2 aromatic rings. The van der Waals surface area contributed by atoms with E-state index in [1.807, 2.05) is 6.07 Å². The van der Waals surface area contributed by atoms with Crippen molar-refractivity contribution >= 4 is 17.5 Å². The first-order valence-corrected chi connectivity index (χ1v) is 8.32. The largest absolute Gasteiger partial charge is 0.490 e. The maximum atomic E-state index is 14.2. The number of piperidine rings is 1. The number of carbonyl (C=O) groups excluding carboxylic acids is 1. The Hall–Kier alpha value is -2.14. The van der Waals surface area contributed by atoms with Gasteiger partial charge in [-0.05, 0) is 43.5 Å². The van der Waals surface area contributed by atoms with Crippen molar-refractivity contribution in [2.75, 3.05) is 13.2 Å². The lowest BCUT2D eigenvalue weighted by Gasteiger charge is -2.35. The number of likely N-dealkylation sites (tertiary alicyclic amines) is 1. The molecule has 6 heteroatoms. The molecule has 0 spiro atoms. The summed E-state index contributed by atoms with van der Waals surface area (Å²) in [6, 6.07) is 8.01. The number of halogens is 2. The van der Waals surface area contributed by atoms with Crippen molar-refractivity contribution in [3.63, 3.8) is 0 Å². The molecule has 4 nitrogen and oxygen atoms in total. The topological polar surface area (TPSA) is 42.4 Å². The fraction of sp³-hybridized carbons (Fsp3) is 0.333. The molecule has 24 heavy (non-hydrogen) atoms. The van der Waals surface area contributed by atoms with Crippen LogP contribution in [-0.2, 0) is 0 Å². The first kappa shape index (κ1) is 16.7. The molecule has 1 aliphatic heterocycles. The van der Waals surface area contributed by atoms with Crippen LogP contribution in [0.2, 0.25) is 5.02 Å². The second-order valence-electron chi connectivity index (χ2n) is 5.75. The number of aromatic nitrogens is 1. The summed E-state index contributed by atoms with van der Waals surface area (Å²) in [5.41, 5.74) is 0.00998. The van der Waals surface area contributed by atoms with Crippen LogP contribution < -0.4 is 4.74 Å². The molecular weight excluding hydrogens is 331 g/mol. The number of rotatable bonds is 4. The molecule has 1 aliphatic rings. The number of carbonyl (C=O) groups is 1. The third-order valence-electron chi connectivity index (χ3n) is 4.15. The minimum Gasteiger partial charge on any atom is -0.490 e. The van der Waals surface area contributed by atoms with Gasteiger partial charge in [-0.15, -0.1) is 0 Å². The minimum absolute atomic E-state index is 0.00998. The lowest BCUT2D eigenvalue weighted by Crippen LogP contribution is -2.47. The highest BCUT2D eigenvalue weighted by molar-refractivity contribution is 6.31. The van der Waals surface area contributed by atoms with E-state index in [0.29, 0.717) is 18.9 Å². The zero-order valence-electron chi connectivity index (χ0n) is 13.1. The van der Waals surface area contributed by atoms with Crippen LogP contribution in [-0.4, -0.2) is 35.0 Å². The van der Waals surface area contributed by atoms with Gasteiger partial charge in [-0.1, -0.05) is 17.7 Å². The zero-order valence-corrected chi connectivity index (χ0v) is 13.9. The Balaban J connectivity index is 1.74. The van der Waals surface area contributed by atoms with Crippen molar-refractivity contribution in [3.05, 3.63) is 59.1 Å². The van der Waals surface area contributed by atoms with Crippen LogP contribution in [0, 0.1) is 5.82 Å². The van der Waals surface area contributed by atoms with Crippen LogP contribution >= 0.6 is 11.6 Å². The lowest BCUT2D eigenvalue weighted by molar-refractivity contribution is 0.0523. The number of amides is 1. The highest BCUT2D eigenvalue weighted by Gasteiger charge is 2.29. The van der Waals surface area contributed by atoms with E-state index in [1.54, 1.807) is 29.4 Å². The van der Waals surface area contributed by atoms with Gasteiger partial charge in [0.25, 0.3) is 5.91 Å². The predicted molar refractivity (Wildman–Crippen MR) is 89.8 cm³/mol. The lowest BCUT2D eigenvalue weighted by atomic mass is 10.0. The number of hydrogen-bond donors (Lipinski definition) is 0. The molecule has 0 saturated carbocycles. The van der Waals surface area contributed by atoms with E-state index in [1.165, 1.54) is 12.1 Å². The fourth-order valence-corrected chi connectivity index (χ4v) is 3.06. The van der Waals surface area contributed by atoms with Crippen molar-refractivity contribution in [2.24, 2.45) is 0 Å². The Morgan fingerprint density at radius 1 is 1.33 bits per heavy atom. The smallest absolute Gasteiger partial charge is 0.257 e. The fourth-order valence-electron chi connectivity index (χ4n) is 2.89. The van der Waals surface area contributed by atoms with Crippen LogP contribution in [0.4, 0.5) is 4.39 Å². The maximum absolute atomic E-state index is 14.2. The van der Waals surface area contributed by atoms with Gasteiger partial charge in [-0.3, -0.25) is 9.78 Å². The summed E-state index contributed by atoms with van der Waals surface area (Å²) in [7, 11) is 0. The molecule has 0 radical (unpaired) electrons. The molecule has 1 aromatic heterocycles. The van der Waals surface area contributed by atoms with E-state index in [0.717, 1.165) is 19.3 Å². The van der Waals surface area contributed by atoms with Gasteiger partial charge in [0.1, 0.15) is 12.4 Å². The minimum atomic E-state index is -0.665. The predicted octanol–water partition coefficient (Wildman–Crippen LogP) is 3.95. The SMILES string of the molecule is O=C(c1cccc(Cl)c1F)N1CCCCC1COc1cccnc1. The molecule has 2 heterocycles. The molecule has 1 fully saturated rings. The van der Waals surface area contributed by atoms with Gasteiger partial charge in [0.05, 0.1) is 22.8 Å². The number of pyridine rings is 1. The molecular formula is C18H18ClFN2O2. The Labute approximate surface area is 145 Å². The van der Waals surface area contributed by atoms with Gasteiger partial charge in [-0.25, -0.2) is 4.39 Å². The highest BCUT2D eigenvalue weighted by Crippen LogP contribution is 2.24. The first-order chi connectivity index (χ1) is 11.7. The van der Waals surface area contributed by atoms with Crippen LogP contribution in [0.15, 0.2) is 42.7 Å². The van der Waals surface area contributed by atoms with Crippen LogP contribution in [0.1, 0.15) is 29.6 Å². The number of hydrogen-bond acceptors (Lipinski definition) is 3. The van der Waals surface area contributed by atoms with E-state index in [4.69, 9.17) is 16.3 Å². The molecule has 126 valence electrons. The summed E-state index contributed by atoms with van der Waals surface area (Å²) in [6.07, 6.45) is 6.05. The molecule has 1 aromatic carbocycles. The molecule has 1 atom stereocenters. The summed E-state index contributed by atoms with van der Waals surface area (Å²) >= 11 is 5.80. The van der Waals surface area contributed by atoms with Gasteiger partial charge in [0.15, 0.2) is 5.82 Å². The number of ether oxygens (including phenoxy) is 1. The van der Waals surface area contributed by atoms with Gasteiger partial charge in [0, 0.05) is 12.7 Å². The normalized spacial score (nSPS) is 17.6. The van der Waals surface area contributed by atoms with Gasteiger partial charge in [0.2, 0.25) is 0 Å². The molecule has 0 aliphatic carbocycles. The average Bonchev–Trinajstić information content (AvgIpc) is 2.63. The summed E-state index contributed by atoms with van der Waals surface area (Å²) in [6.45, 7) is 0.950. The Bertz CT molecular complexity index is 711. The van der Waals surface area contributed by atoms with Gasteiger partial charge >= 0.3 is 0 Å². The quantitative estimate of drug-likeness (QED) is 0.840. The van der Waals surface area contributed by atoms with E-state index in [9.17, 15) is 9.18 Å². The van der Waals surface area contributed by atoms with Gasteiger partial charge < -0.3 is 9.64 Å². The Morgan fingerprint density at radius 2 is 2.21 bits per heavy atom. The number of nitrogens with zero attached hydrogens (tertiary/aromatic N) is 2. The van der Waals surface area contributed by atoms with Crippen LogP contribution in [0.25, 0.3) is 0 Å². The first-order valence-electron chi connectivity index (χ1n) is 7.94. The summed E-state index contributed by atoms with van der Waals surface area (Å²) in [5, 5.41) is -0.0407. The van der Waals surface area contributed by atoms with Crippen molar-refractivity contribution < 1.29 is 13.9 Å². The number of benzene rings is 1. The van der Waals surface area contributed by atoms with E-state index >= 15 is 0 Å². The monoisotopic (exact) mass is 348 g/mol. The molecule has 1 saturated heterocycles. The van der Waals surface area contributed by atoms with Gasteiger partial charge in [-0.2, -0.15) is 0 Å². The van der Waals surface area contributed by atoms with E-state index in [-0.39, 0.29) is 22.5 Å². The molecule has 0 N–H and O–H groups in total. The second kappa shape index (κ2) is 7.62. The maximum Gasteiger partial charge on any atom is 0.257 e. The summed E-state index contributed by atoms with van der Waals surface area (Å²) in [4.78, 5) is 18.4. The molecule has 1 amide bonds. The zero-order chi connectivity index (χ0) is 16.9. The standard InChI is InChI=1S/C18H18ClFN2O2/c19-16-8-3-7-15(17(16)20)18(23)22-10-2-1-5-13(22)12-24-14-6-4-9-21-11-14/h3-4,6-9,11,13H,1-2,5,10,12H2. The third kappa shape index (κ3) is 3.67. The molecule has 0 bridgehead atoms. The van der Waals surface area contributed by atoms with Crippen molar-refractivity contribution in [1.82, 2.24) is 9.88 Å². The van der Waals surface area contributed by atoms with Crippen molar-refractivity contribution in [1.29, 1.82) is 0 Å². The van der Waals surface area contributed by atoms with Crippen LogP contribution in [0.3, 0.4) is 0 Å².